The van der Waals surface area contributed by atoms with Crippen LogP contribution in [0.1, 0.15) is 23.8 Å². The normalized spacial score (nSPS) is 9.92. The number of Topliss-reactive ketones (excluding diaryl/α,β-unsaturated/α-hetero) is 1. The van der Waals surface area contributed by atoms with Crippen LogP contribution < -0.4 is 0 Å². The minimum Gasteiger partial charge on any atom is -0.292 e. The van der Waals surface area contributed by atoms with Gasteiger partial charge in [-0.05, 0) is 37.9 Å². The van der Waals surface area contributed by atoms with Crippen LogP contribution in [0.15, 0.2) is 21.2 Å². The van der Waals surface area contributed by atoms with E-state index in [4.69, 9.17) is 0 Å². The molecule has 0 aliphatic heterocycles. The molecule has 1 heterocycles. The van der Waals surface area contributed by atoms with Gasteiger partial charge in [-0.2, -0.15) is 0 Å². The molecule has 0 saturated carbocycles. The van der Waals surface area contributed by atoms with Gasteiger partial charge in [0.05, 0.1) is 0 Å². The number of ketones is 1. The Morgan fingerprint density at radius 2 is 2.25 bits per heavy atom. The minimum atomic E-state index is 0.0503. The Morgan fingerprint density at radius 3 is 2.75 bits per heavy atom. The van der Waals surface area contributed by atoms with E-state index in [9.17, 15) is 4.79 Å². The van der Waals surface area contributed by atoms with E-state index in [1.807, 2.05) is 13.0 Å². The molecule has 64 valence electrons. The average Bonchev–Trinajstić information content (AvgIpc) is 2.03. The number of aromatic nitrogens is 1. The Balaban J connectivity index is 3.09. The van der Waals surface area contributed by atoms with Gasteiger partial charge in [0.2, 0.25) is 0 Å². The van der Waals surface area contributed by atoms with Gasteiger partial charge in [0.25, 0.3) is 0 Å². The fourth-order valence-corrected chi connectivity index (χ4v) is 2.00. The molecule has 0 fully saturated rings. The monoisotopic (exact) mass is 291 g/mol. The standard InChI is InChI=1S/C8H7Br2NO/c1-2-7(12)8-6(10)3-5(9)4-11-8/h3-4H,2H2,1H3. The maximum atomic E-state index is 11.2. The van der Waals surface area contributed by atoms with Crippen LogP contribution in [0.2, 0.25) is 0 Å². The van der Waals surface area contributed by atoms with Gasteiger partial charge in [-0.3, -0.25) is 9.78 Å². The lowest BCUT2D eigenvalue weighted by Gasteiger charge is -1.99. The lowest BCUT2D eigenvalue weighted by molar-refractivity contribution is 0.0982. The van der Waals surface area contributed by atoms with Crippen molar-refractivity contribution in [3.63, 3.8) is 0 Å². The highest BCUT2D eigenvalue weighted by Crippen LogP contribution is 2.20. The molecule has 0 amide bonds. The Hall–Kier alpha value is -0.220. The summed E-state index contributed by atoms with van der Waals surface area (Å²) in [5.41, 5.74) is 0.501. The van der Waals surface area contributed by atoms with Crippen LogP contribution in [-0.2, 0) is 0 Å². The van der Waals surface area contributed by atoms with Crippen LogP contribution in [0.25, 0.3) is 0 Å². The Labute approximate surface area is 87.6 Å². The molecule has 0 bridgehead atoms. The van der Waals surface area contributed by atoms with Crippen molar-refractivity contribution < 1.29 is 4.79 Å². The molecule has 0 unspecified atom stereocenters. The van der Waals surface area contributed by atoms with Gasteiger partial charge >= 0.3 is 0 Å². The van der Waals surface area contributed by atoms with E-state index in [0.29, 0.717) is 12.1 Å². The van der Waals surface area contributed by atoms with E-state index < -0.39 is 0 Å². The van der Waals surface area contributed by atoms with Gasteiger partial charge in [0.1, 0.15) is 5.69 Å². The maximum Gasteiger partial charge on any atom is 0.182 e. The fourth-order valence-electron chi connectivity index (χ4n) is 0.787. The Kier molecular flexibility index (Phi) is 3.40. The summed E-state index contributed by atoms with van der Waals surface area (Å²) in [7, 11) is 0. The van der Waals surface area contributed by atoms with Crippen LogP contribution in [-0.4, -0.2) is 10.8 Å². The largest absolute Gasteiger partial charge is 0.292 e. The van der Waals surface area contributed by atoms with Crippen molar-refractivity contribution in [2.45, 2.75) is 13.3 Å². The third-order valence-corrected chi connectivity index (χ3v) is 2.43. The molecular weight excluding hydrogens is 286 g/mol. The topological polar surface area (TPSA) is 30.0 Å². The summed E-state index contributed by atoms with van der Waals surface area (Å²) >= 11 is 6.54. The number of carbonyl (C=O) groups is 1. The van der Waals surface area contributed by atoms with Crippen molar-refractivity contribution in [1.29, 1.82) is 0 Å². The van der Waals surface area contributed by atoms with Crippen LogP contribution in [0.3, 0.4) is 0 Å². The van der Waals surface area contributed by atoms with Gasteiger partial charge in [-0.25, -0.2) is 0 Å². The van der Waals surface area contributed by atoms with E-state index in [1.165, 1.54) is 0 Å². The van der Waals surface area contributed by atoms with Crippen molar-refractivity contribution in [1.82, 2.24) is 4.98 Å². The van der Waals surface area contributed by atoms with Gasteiger partial charge in [0, 0.05) is 21.6 Å². The first kappa shape index (κ1) is 9.86. The van der Waals surface area contributed by atoms with Crippen LogP contribution >= 0.6 is 31.9 Å². The summed E-state index contributed by atoms with van der Waals surface area (Å²) in [4.78, 5) is 15.2. The van der Waals surface area contributed by atoms with Crippen LogP contribution in [0, 0.1) is 0 Å². The highest BCUT2D eigenvalue weighted by molar-refractivity contribution is 9.11. The molecule has 0 atom stereocenters. The van der Waals surface area contributed by atoms with Gasteiger partial charge in [-0.1, -0.05) is 6.92 Å². The summed E-state index contributed by atoms with van der Waals surface area (Å²) in [5, 5.41) is 0. The first-order chi connectivity index (χ1) is 5.65. The quantitative estimate of drug-likeness (QED) is 0.784. The maximum absolute atomic E-state index is 11.2. The second-order valence-electron chi connectivity index (χ2n) is 2.26. The molecule has 1 rings (SSSR count). The number of rotatable bonds is 2. The van der Waals surface area contributed by atoms with E-state index in [1.54, 1.807) is 6.20 Å². The first-order valence-electron chi connectivity index (χ1n) is 3.49. The highest BCUT2D eigenvalue weighted by atomic mass is 79.9. The third-order valence-electron chi connectivity index (χ3n) is 1.39. The van der Waals surface area contributed by atoms with Crippen molar-refractivity contribution in [2.75, 3.05) is 0 Å². The van der Waals surface area contributed by atoms with Crippen LogP contribution in [0.5, 0.6) is 0 Å². The number of hydrogen-bond acceptors (Lipinski definition) is 2. The average molecular weight is 293 g/mol. The SMILES string of the molecule is CCC(=O)c1ncc(Br)cc1Br. The predicted octanol–water partition coefficient (Wildman–Crippen LogP) is 3.20. The molecule has 0 aromatic carbocycles. The summed E-state index contributed by atoms with van der Waals surface area (Å²) in [6.07, 6.45) is 2.10. The van der Waals surface area contributed by atoms with E-state index >= 15 is 0 Å². The Morgan fingerprint density at radius 1 is 1.58 bits per heavy atom. The summed E-state index contributed by atoms with van der Waals surface area (Å²) in [5.74, 6) is 0.0503. The molecule has 1 aromatic rings. The van der Waals surface area contributed by atoms with Crippen molar-refractivity contribution >= 4 is 37.6 Å². The summed E-state index contributed by atoms with van der Waals surface area (Å²) < 4.78 is 1.60. The Bertz CT molecular complexity index is 312. The lowest BCUT2D eigenvalue weighted by atomic mass is 10.2. The van der Waals surface area contributed by atoms with E-state index in [0.717, 1.165) is 8.95 Å². The van der Waals surface area contributed by atoms with Gasteiger partial charge < -0.3 is 0 Å². The van der Waals surface area contributed by atoms with E-state index in [-0.39, 0.29) is 5.78 Å². The number of nitrogens with zero attached hydrogens (tertiary/aromatic N) is 1. The fraction of sp³-hybridized carbons (Fsp3) is 0.250. The summed E-state index contributed by atoms with van der Waals surface area (Å²) in [6.45, 7) is 1.82. The molecular formula is C8H7Br2NO. The minimum absolute atomic E-state index is 0.0503. The molecule has 0 aliphatic rings. The number of hydrogen-bond donors (Lipinski definition) is 0. The zero-order chi connectivity index (χ0) is 9.14. The predicted molar refractivity (Wildman–Crippen MR) is 54.3 cm³/mol. The van der Waals surface area contributed by atoms with Crippen molar-refractivity contribution in [2.24, 2.45) is 0 Å². The molecule has 0 spiro atoms. The zero-order valence-electron chi connectivity index (χ0n) is 6.47. The first-order valence-corrected chi connectivity index (χ1v) is 5.08. The lowest BCUT2D eigenvalue weighted by Crippen LogP contribution is -2.00. The number of halogens is 2. The van der Waals surface area contributed by atoms with Gasteiger partial charge in [0.15, 0.2) is 5.78 Å². The molecule has 0 radical (unpaired) electrons. The molecule has 0 N–H and O–H groups in total. The van der Waals surface area contributed by atoms with Crippen molar-refractivity contribution in [3.8, 4) is 0 Å². The second-order valence-corrected chi connectivity index (χ2v) is 4.03. The molecule has 0 aliphatic carbocycles. The smallest absolute Gasteiger partial charge is 0.182 e. The second kappa shape index (κ2) is 4.14. The third kappa shape index (κ3) is 2.14. The molecule has 1 aromatic heterocycles. The van der Waals surface area contributed by atoms with Crippen LogP contribution in [0.4, 0.5) is 0 Å². The molecule has 0 saturated heterocycles. The van der Waals surface area contributed by atoms with E-state index in [2.05, 4.69) is 36.8 Å². The number of pyridine rings is 1. The number of carbonyl (C=O) groups excluding carboxylic acids is 1. The molecule has 4 heteroatoms. The van der Waals surface area contributed by atoms with Crippen molar-refractivity contribution in [3.05, 3.63) is 26.9 Å². The summed E-state index contributed by atoms with van der Waals surface area (Å²) in [6, 6.07) is 1.82. The highest BCUT2D eigenvalue weighted by Gasteiger charge is 2.08. The van der Waals surface area contributed by atoms with Gasteiger partial charge in [-0.15, -0.1) is 0 Å². The molecule has 2 nitrogen and oxygen atoms in total. The molecule has 12 heavy (non-hydrogen) atoms. The zero-order valence-corrected chi connectivity index (χ0v) is 9.65.